The minimum atomic E-state index is 0.485. The number of ether oxygens (including phenoxy) is 1. The molecule has 2 N–H and O–H groups in total. The average Bonchev–Trinajstić information content (AvgIpc) is 3.33. The Hall–Kier alpha value is -3.94. The maximum atomic E-state index is 6.00. The van der Waals surface area contributed by atoms with Gasteiger partial charge in [0.15, 0.2) is 5.82 Å². The Bertz CT molecular complexity index is 1200. The van der Waals surface area contributed by atoms with Crippen molar-refractivity contribution in [3.8, 4) is 5.88 Å². The lowest BCUT2D eigenvalue weighted by molar-refractivity contribution is 0.307. The van der Waals surface area contributed by atoms with Gasteiger partial charge in [-0.1, -0.05) is 52.0 Å². The summed E-state index contributed by atoms with van der Waals surface area (Å²) in [5.41, 5.74) is 6.03. The number of nitrogens with one attached hydrogen (secondary N) is 2. The summed E-state index contributed by atoms with van der Waals surface area (Å²) in [5, 5.41) is 5.47. The van der Waals surface area contributed by atoms with Crippen molar-refractivity contribution in [3.05, 3.63) is 72.4 Å². The predicted octanol–water partition coefficient (Wildman–Crippen LogP) is 6.07. The number of para-hydroxylation sites is 1. The molecule has 0 spiro atoms. The first-order chi connectivity index (χ1) is 17.8. The van der Waals surface area contributed by atoms with Gasteiger partial charge in [0, 0.05) is 54.6 Å². The summed E-state index contributed by atoms with van der Waals surface area (Å²) in [6, 6.07) is 15.9. The van der Waals surface area contributed by atoms with Crippen molar-refractivity contribution in [2.75, 3.05) is 30.0 Å². The summed E-state index contributed by atoms with van der Waals surface area (Å²) in [7, 11) is 0. The fraction of sp³-hybridized carbons (Fsp3) is 0.357. The molecule has 0 atom stereocenters. The van der Waals surface area contributed by atoms with E-state index in [1.165, 1.54) is 0 Å². The molecule has 3 heterocycles. The van der Waals surface area contributed by atoms with Gasteiger partial charge < -0.3 is 14.6 Å². The highest BCUT2D eigenvalue weighted by Crippen LogP contribution is 2.22. The lowest BCUT2D eigenvalue weighted by atomic mass is 10.2. The number of rotatable bonds is 12. The highest BCUT2D eigenvalue weighted by Gasteiger charge is 2.11. The summed E-state index contributed by atoms with van der Waals surface area (Å²) < 4.78 is 6.00. The SMILES string of the molecule is CC.CCCN(CCC)c1cc(OCCc2ccccn2)nc(/C=N/Nc2c[nH]c3ccccc23)n1. The van der Waals surface area contributed by atoms with Crippen LogP contribution in [0.25, 0.3) is 10.9 Å². The molecule has 3 aromatic heterocycles. The first kappa shape index (κ1) is 26.7. The molecular formula is C28H37N7O. The number of nitrogens with zero attached hydrogens (tertiary/aromatic N) is 5. The molecule has 0 radical (unpaired) electrons. The number of fused-ring (bicyclic) bond motifs is 1. The Balaban J connectivity index is 0.00000176. The normalized spacial score (nSPS) is 10.8. The Morgan fingerprint density at radius 1 is 1.03 bits per heavy atom. The summed E-state index contributed by atoms with van der Waals surface area (Å²) in [6.45, 7) is 10.7. The Morgan fingerprint density at radius 2 is 1.81 bits per heavy atom. The van der Waals surface area contributed by atoms with Gasteiger partial charge in [0.1, 0.15) is 5.82 Å². The number of hydrogen-bond donors (Lipinski definition) is 2. The number of aromatic amines is 1. The van der Waals surface area contributed by atoms with Crippen molar-refractivity contribution in [1.82, 2.24) is 19.9 Å². The van der Waals surface area contributed by atoms with Crippen LogP contribution in [-0.4, -0.2) is 45.8 Å². The maximum absolute atomic E-state index is 6.00. The van der Waals surface area contributed by atoms with E-state index < -0.39 is 0 Å². The molecule has 0 aliphatic rings. The van der Waals surface area contributed by atoms with E-state index in [9.17, 15) is 0 Å². The van der Waals surface area contributed by atoms with Crippen molar-refractivity contribution >= 4 is 28.6 Å². The molecule has 0 aliphatic carbocycles. The third kappa shape index (κ3) is 7.53. The number of H-pyrrole nitrogens is 1. The molecule has 0 unspecified atom stereocenters. The fourth-order valence-corrected chi connectivity index (χ4v) is 3.73. The van der Waals surface area contributed by atoms with E-state index in [0.29, 0.717) is 24.7 Å². The zero-order valence-electron chi connectivity index (χ0n) is 21.7. The molecule has 4 rings (SSSR count). The molecule has 0 bridgehead atoms. The molecule has 0 fully saturated rings. The zero-order valence-corrected chi connectivity index (χ0v) is 21.7. The summed E-state index contributed by atoms with van der Waals surface area (Å²) in [6.07, 6.45) is 8.10. The summed E-state index contributed by atoms with van der Waals surface area (Å²) >= 11 is 0. The van der Waals surface area contributed by atoms with Gasteiger partial charge in [0.25, 0.3) is 0 Å². The van der Waals surface area contributed by atoms with Crippen LogP contribution < -0.4 is 15.1 Å². The largest absolute Gasteiger partial charge is 0.477 e. The van der Waals surface area contributed by atoms with Crippen LogP contribution in [0.15, 0.2) is 66.0 Å². The van der Waals surface area contributed by atoms with Crippen LogP contribution in [0.4, 0.5) is 11.5 Å². The van der Waals surface area contributed by atoms with Crippen molar-refractivity contribution in [2.45, 2.75) is 47.0 Å². The van der Waals surface area contributed by atoms with Gasteiger partial charge in [-0.05, 0) is 31.0 Å². The first-order valence-corrected chi connectivity index (χ1v) is 12.8. The van der Waals surface area contributed by atoms with Gasteiger partial charge in [-0.25, -0.2) is 4.98 Å². The van der Waals surface area contributed by atoms with Gasteiger partial charge in [0.2, 0.25) is 5.88 Å². The molecule has 0 saturated heterocycles. The molecule has 1 aromatic carbocycles. The van der Waals surface area contributed by atoms with Crippen LogP contribution >= 0.6 is 0 Å². The number of anilines is 2. The van der Waals surface area contributed by atoms with Crippen molar-refractivity contribution in [3.63, 3.8) is 0 Å². The highest BCUT2D eigenvalue weighted by atomic mass is 16.5. The Kier molecular flexibility index (Phi) is 10.7. The molecule has 8 heteroatoms. The lowest BCUT2D eigenvalue weighted by Gasteiger charge is -2.23. The Labute approximate surface area is 213 Å². The maximum Gasteiger partial charge on any atom is 0.219 e. The first-order valence-electron chi connectivity index (χ1n) is 12.8. The third-order valence-corrected chi connectivity index (χ3v) is 5.31. The minimum absolute atomic E-state index is 0.485. The third-order valence-electron chi connectivity index (χ3n) is 5.31. The fourth-order valence-electron chi connectivity index (χ4n) is 3.73. The quantitative estimate of drug-likeness (QED) is 0.186. The second-order valence-electron chi connectivity index (χ2n) is 7.95. The van der Waals surface area contributed by atoms with E-state index in [0.717, 1.165) is 54.0 Å². The molecule has 190 valence electrons. The average molecular weight is 488 g/mol. The van der Waals surface area contributed by atoms with E-state index in [4.69, 9.17) is 9.72 Å². The molecule has 4 aromatic rings. The van der Waals surface area contributed by atoms with Gasteiger partial charge in [-0.3, -0.25) is 10.4 Å². The van der Waals surface area contributed by atoms with Crippen LogP contribution in [0.1, 0.15) is 52.1 Å². The molecule has 8 nitrogen and oxygen atoms in total. The van der Waals surface area contributed by atoms with Gasteiger partial charge in [-0.2, -0.15) is 10.1 Å². The van der Waals surface area contributed by atoms with Crippen molar-refractivity contribution in [2.24, 2.45) is 5.10 Å². The van der Waals surface area contributed by atoms with Gasteiger partial charge in [-0.15, -0.1) is 0 Å². The van der Waals surface area contributed by atoms with Crippen LogP contribution in [0.2, 0.25) is 0 Å². The summed E-state index contributed by atoms with van der Waals surface area (Å²) in [5.74, 6) is 1.88. The summed E-state index contributed by atoms with van der Waals surface area (Å²) in [4.78, 5) is 19.2. The molecule has 0 aliphatic heterocycles. The van der Waals surface area contributed by atoms with E-state index in [1.807, 2.05) is 68.6 Å². The molecule has 0 amide bonds. The smallest absolute Gasteiger partial charge is 0.219 e. The highest BCUT2D eigenvalue weighted by molar-refractivity contribution is 5.92. The lowest BCUT2D eigenvalue weighted by Crippen LogP contribution is -2.26. The van der Waals surface area contributed by atoms with Gasteiger partial charge >= 0.3 is 0 Å². The molecular weight excluding hydrogens is 450 g/mol. The topological polar surface area (TPSA) is 91.3 Å². The number of hydrazone groups is 1. The Morgan fingerprint density at radius 3 is 2.56 bits per heavy atom. The van der Waals surface area contributed by atoms with Crippen LogP contribution in [-0.2, 0) is 6.42 Å². The van der Waals surface area contributed by atoms with Crippen LogP contribution in [0.5, 0.6) is 5.88 Å². The van der Waals surface area contributed by atoms with E-state index >= 15 is 0 Å². The van der Waals surface area contributed by atoms with E-state index in [1.54, 1.807) is 12.4 Å². The monoisotopic (exact) mass is 487 g/mol. The van der Waals surface area contributed by atoms with Crippen molar-refractivity contribution in [1.29, 1.82) is 0 Å². The van der Waals surface area contributed by atoms with Gasteiger partial charge in [0.05, 0.1) is 18.5 Å². The van der Waals surface area contributed by atoms with E-state index in [2.05, 4.69) is 44.2 Å². The number of aromatic nitrogens is 4. The minimum Gasteiger partial charge on any atom is -0.477 e. The zero-order chi connectivity index (χ0) is 25.6. The standard InChI is InChI=1S/C26H31N7O.C2H6/c1-3-14-33(15-4-2)25-17-26(34-16-12-20-9-7-8-13-27-20)31-24(30-25)19-29-32-23-18-28-22-11-6-5-10-21(22)23;1-2/h5-11,13,17-19,28,32H,3-4,12,14-16H2,1-2H3;1-2H3/b29-19+;. The van der Waals surface area contributed by atoms with E-state index in [-0.39, 0.29) is 0 Å². The molecule has 0 saturated carbocycles. The number of pyridine rings is 1. The predicted molar refractivity (Wildman–Crippen MR) is 149 cm³/mol. The number of benzene rings is 1. The van der Waals surface area contributed by atoms with Crippen LogP contribution in [0.3, 0.4) is 0 Å². The number of hydrogen-bond acceptors (Lipinski definition) is 7. The van der Waals surface area contributed by atoms with Crippen molar-refractivity contribution < 1.29 is 4.74 Å². The van der Waals surface area contributed by atoms with Crippen LogP contribution in [0, 0.1) is 0 Å². The second kappa shape index (κ2) is 14.5. The molecule has 36 heavy (non-hydrogen) atoms. The second-order valence-corrected chi connectivity index (χ2v) is 7.95.